The molecule has 1 aromatic carbocycles. The van der Waals surface area contributed by atoms with Gasteiger partial charge >= 0.3 is 0 Å². The van der Waals surface area contributed by atoms with Gasteiger partial charge in [-0.25, -0.2) is 0 Å². The van der Waals surface area contributed by atoms with Crippen molar-refractivity contribution in [3.63, 3.8) is 0 Å². The molecule has 0 spiro atoms. The van der Waals surface area contributed by atoms with Crippen LogP contribution in [0.2, 0.25) is 0 Å². The molecule has 1 aliphatic heterocycles. The predicted molar refractivity (Wildman–Crippen MR) is 73.9 cm³/mol. The summed E-state index contributed by atoms with van der Waals surface area (Å²) >= 11 is 0. The van der Waals surface area contributed by atoms with Gasteiger partial charge in [0.05, 0.1) is 18.1 Å². The Morgan fingerprint density at radius 2 is 1.75 bits per heavy atom. The lowest BCUT2D eigenvalue weighted by atomic mass is 9.91. The van der Waals surface area contributed by atoms with Crippen molar-refractivity contribution in [2.75, 3.05) is 0 Å². The summed E-state index contributed by atoms with van der Waals surface area (Å²) < 4.78 is 0. The molecule has 4 heteroatoms. The SMILES string of the molecule is O=C1CC(c2ccccc2)C(=O)N1C1CCCCC1O. The third-order valence-electron chi connectivity index (χ3n) is 4.41. The van der Waals surface area contributed by atoms with E-state index in [-0.39, 0.29) is 30.2 Å². The molecule has 3 unspecified atom stereocenters. The molecule has 20 heavy (non-hydrogen) atoms. The molecule has 4 nitrogen and oxygen atoms in total. The first-order valence-corrected chi connectivity index (χ1v) is 7.27. The van der Waals surface area contributed by atoms with Gasteiger partial charge in [-0.1, -0.05) is 43.2 Å². The van der Waals surface area contributed by atoms with Crippen LogP contribution >= 0.6 is 0 Å². The fraction of sp³-hybridized carbons (Fsp3) is 0.500. The van der Waals surface area contributed by atoms with Crippen LogP contribution in [0, 0.1) is 0 Å². The fourth-order valence-corrected chi connectivity index (χ4v) is 3.34. The minimum absolute atomic E-state index is 0.144. The summed E-state index contributed by atoms with van der Waals surface area (Å²) in [7, 11) is 0. The maximum absolute atomic E-state index is 12.6. The van der Waals surface area contributed by atoms with Gasteiger partial charge in [0.1, 0.15) is 0 Å². The first-order chi connectivity index (χ1) is 9.68. The first-order valence-electron chi connectivity index (χ1n) is 7.27. The number of rotatable bonds is 2. The van der Waals surface area contributed by atoms with E-state index in [1.165, 1.54) is 4.90 Å². The van der Waals surface area contributed by atoms with Crippen LogP contribution in [0.15, 0.2) is 30.3 Å². The van der Waals surface area contributed by atoms with Crippen LogP contribution in [0.25, 0.3) is 0 Å². The van der Waals surface area contributed by atoms with Crippen molar-refractivity contribution in [3.8, 4) is 0 Å². The van der Waals surface area contributed by atoms with Gasteiger partial charge in [-0.05, 0) is 18.4 Å². The van der Waals surface area contributed by atoms with Crippen molar-refractivity contribution in [3.05, 3.63) is 35.9 Å². The van der Waals surface area contributed by atoms with Gasteiger partial charge in [0.25, 0.3) is 0 Å². The number of imide groups is 1. The molecular formula is C16H19NO3. The molecule has 2 aliphatic rings. The number of hydrogen-bond donors (Lipinski definition) is 1. The number of aliphatic hydroxyl groups is 1. The Balaban J connectivity index is 1.83. The molecule has 0 radical (unpaired) electrons. The van der Waals surface area contributed by atoms with Gasteiger partial charge < -0.3 is 5.11 Å². The second kappa shape index (κ2) is 5.37. The van der Waals surface area contributed by atoms with E-state index in [1.54, 1.807) is 0 Å². The lowest BCUT2D eigenvalue weighted by molar-refractivity contribution is -0.145. The second-order valence-corrected chi connectivity index (χ2v) is 5.69. The normalized spacial score (nSPS) is 30.9. The number of carbonyl (C=O) groups is 2. The highest BCUT2D eigenvalue weighted by atomic mass is 16.3. The molecule has 3 rings (SSSR count). The highest BCUT2D eigenvalue weighted by Gasteiger charge is 2.45. The minimum atomic E-state index is -0.564. The third kappa shape index (κ3) is 2.24. The summed E-state index contributed by atoms with van der Waals surface area (Å²) in [5, 5.41) is 10.1. The summed E-state index contributed by atoms with van der Waals surface area (Å²) in [6.07, 6.45) is 3.00. The summed E-state index contributed by atoms with van der Waals surface area (Å²) in [6.45, 7) is 0. The quantitative estimate of drug-likeness (QED) is 0.836. The van der Waals surface area contributed by atoms with Gasteiger partial charge in [-0.15, -0.1) is 0 Å². The monoisotopic (exact) mass is 273 g/mol. The zero-order valence-corrected chi connectivity index (χ0v) is 11.4. The molecule has 0 bridgehead atoms. The molecule has 0 aromatic heterocycles. The largest absolute Gasteiger partial charge is 0.391 e. The lowest BCUT2D eigenvalue weighted by Crippen LogP contribution is -2.48. The van der Waals surface area contributed by atoms with Crippen LogP contribution in [0.3, 0.4) is 0 Å². The number of nitrogens with zero attached hydrogens (tertiary/aromatic N) is 1. The Bertz CT molecular complexity index is 514. The van der Waals surface area contributed by atoms with Gasteiger partial charge in [-0.3, -0.25) is 14.5 Å². The second-order valence-electron chi connectivity index (χ2n) is 5.69. The van der Waals surface area contributed by atoms with Crippen molar-refractivity contribution in [1.82, 2.24) is 4.90 Å². The van der Waals surface area contributed by atoms with Gasteiger partial charge in [0.2, 0.25) is 11.8 Å². The number of aliphatic hydroxyl groups excluding tert-OH is 1. The highest BCUT2D eigenvalue weighted by molar-refractivity contribution is 6.06. The predicted octanol–water partition coefficient (Wildman–Crippen LogP) is 1.83. The van der Waals surface area contributed by atoms with E-state index in [1.807, 2.05) is 30.3 Å². The smallest absolute Gasteiger partial charge is 0.237 e. The molecule has 1 aromatic rings. The molecule has 2 amide bonds. The molecule has 3 atom stereocenters. The Kier molecular flexibility index (Phi) is 3.57. The highest BCUT2D eigenvalue weighted by Crippen LogP contribution is 2.34. The van der Waals surface area contributed by atoms with Crippen molar-refractivity contribution in [2.24, 2.45) is 0 Å². The lowest BCUT2D eigenvalue weighted by Gasteiger charge is -2.34. The fourth-order valence-electron chi connectivity index (χ4n) is 3.34. The van der Waals surface area contributed by atoms with Crippen molar-refractivity contribution >= 4 is 11.8 Å². The number of benzene rings is 1. The third-order valence-corrected chi connectivity index (χ3v) is 4.41. The van der Waals surface area contributed by atoms with Crippen molar-refractivity contribution in [1.29, 1.82) is 0 Å². The van der Waals surface area contributed by atoms with Crippen LogP contribution in [-0.2, 0) is 9.59 Å². The summed E-state index contributed by atoms with van der Waals surface area (Å²) in [6, 6.07) is 9.11. The van der Waals surface area contributed by atoms with Crippen molar-refractivity contribution < 1.29 is 14.7 Å². The topological polar surface area (TPSA) is 57.6 Å². The zero-order valence-electron chi connectivity index (χ0n) is 11.4. The maximum Gasteiger partial charge on any atom is 0.237 e. The Labute approximate surface area is 118 Å². The maximum atomic E-state index is 12.6. The van der Waals surface area contributed by atoms with Crippen LogP contribution in [-0.4, -0.2) is 34.0 Å². The van der Waals surface area contributed by atoms with Crippen LogP contribution < -0.4 is 0 Å². The Hall–Kier alpha value is -1.68. The summed E-state index contributed by atoms with van der Waals surface area (Å²) in [5.41, 5.74) is 0.888. The molecule has 2 fully saturated rings. The van der Waals surface area contributed by atoms with Gasteiger partial charge in [0.15, 0.2) is 0 Å². The van der Waals surface area contributed by atoms with E-state index in [2.05, 4.69) is 0 Å². The van der Waals surface area contributed by atoms with Crippen molar-refractivity contribution in [2.45, 2.75) is 50.2 Å². The van der Waals surface area contributed by atoms with Crippen LogP contribution in [0.4, 0.5) is 0 Å². The van der Waals surface area contributed by atoms with E-state index in [0.717, 1.165) is 24.8 Å². The number of likely N-dealkylation sites (tertiary alicyclic amines) is 1. The van der Waals surface area contributed by atoms with Crippen LogP contribution in [0.5, 0.6) is 0 Å². The molecular weight excluding hydrogens is 254 g/mol. The minimum Gasteiger partial charge on any atom is -0.391 e. The van der Waals surface area contributed by atoms with E-state index in [4.69, 9.17) is 0 Å². The molecule has 1 saturated heterocycles. The Morgan fingerprint density at radius 1 is 1.05 bits per heavy atom. The Morgan fingerprint density at radius 3 is 2.45 bits per heavy atom. The average Bonchev–Trinajstić information content (AvgIpc) is 2.76. The molecule has 1 heterocycles. The summed E-state index contributed by atoms with van der Waals surface area (Å²) in [4.78, 5) is 26.1. The van der Waals surface area contributed by atoms with E-state index < -0.39 is 6.10 Å². The van der Waals surface area contributed by atoms with E-state index in [9.17, 15) is 14.7 Å². The first kappa shape index (κ1) is 13.3. The molecule has 1 aliphatic carbocycles. The van der Waals surface area contributed by atoms with Crippen LogP contribution in [0.1, 0.15) is 43.6 Å². The van der Waals surface area contributed by atoms with Gasteiger partial charge in [-0.2, -0.15) is 0 Å². The van der Waals surface area contributed by atoms with E-state index in [0.29, 0.717) is 6.42 Å². The van der Waals surface area contributed by atoms with E-state index >= 15 is 0 Å². The number of amides is 2. The molecule has 106 valence electrons. The zero-order chi connectivity index (χ0) is 14.1. The standard InChI is InChI=1S/C16H19NO3/c18-14-9-5-4-8-13(14)17-15(19)10-12(16(17)20)11-6-2-1-3-7-11/h1-3,6-7,12-14,18H,4-5,8-10H2. The summed E-state index contributed by atoms with van der Waals surface area (Å²) in [5.74, 6) is -0.667. The molecule has 1 N–H and O–H groups in total. The average molecular weight is 273 g/mol. The number of hydrogen-bond acceptors (Lipinski definition) is 3. The number of carbonyl (C=O) groups excluding carboxylic acids is 2. The van der Waals surface area contributed by atoms with Gasteiger partial charge in [0, 0.05) is 6.42 Å². The molecule has 1 saturated carbocycles.